The van der Waals surface area contributed by atoms with E-state index in [1.807, 2.05) is 36.9 Å². The molecule has 2 rings (SSSR count). The molecule has 2 aromatic rings. The van der Waals surface area contributed by atoms with Crippen molar-refractivity contribution in [3.8, 4) is 0 Å². The van der Waals surface area contributed by atoms with Crippen LogP contribution in [0, 0.1) is 6.92 Å². The van der Waals surface area contributed by atoms with Crippen molar-refractivity contribution in [3.05, 3.63) is 33.2 Å². The Morgan fingerprint density at radius 3 is 2.87 bits per heavy atom. The zero-order valence-electron chi connectivity index (χ0n) is 8.62. The maximum Gasteiger partial charge on any atom is 0.203 e. The van der Waals surface area contributed by atoms with Gasteiger partial charge in [0.15, 0.2) is 0 Å². The summed E-state index contributed by atoms with van der Waals surface area (Å²) in [6.45, 7) is 2.74. The molecule has 0 aliphatic carbocycles. The summed E-state index contributed by atoms with van der Waals surface area (Å²) in [6.07, 6.45) is 1.99. The Bertz CT molecular complexity index is 461. The van der Waals surface area contributed by atoms with E-state index in [2.05, 4.69) is 10.3 Å². The minimum atomic E-state index is 0.766. The first kappa shape index (κ1) is 10.5. The number of anilines is 1. The number of aryl methyl sites for hydroxylation is 2. The maximum atomic E-state index is 5.85. The van der Waals surface area contributed by atoms with Gasteiger partial charge in [-0.1, -0.05) is 11.6 Å². The van der Waals surface area contributed by atoms with Gasteiger partial charge in [-0.3, -0.25) is 0 Å². The number of nitrogens with one attached hydrogen (secondary N) is 1. The largest absolute Gasteiger partial charge is 0.351 e. The molecule has 0 aromatic carbocycles. The Hall–Kier alpha value is -1.00. The molecule has 2 aromatic heterocycles. The van der Waals surface area contributed by atoms with Crippen molar-refractivity contribution >= 4 is 28.9 Å². The van der Waals surface area contributed by atoms with Crippen LogP contribution in [0.25, 0.3) is 0 Å². The first-order valence-corrected chi connectivity index (χ1v) is 5.82. The van der Waals surface area contributed by atoms with Gasteiger partial charge in [0.2, 0.25) is 5.95 Å². The standard InChI is InChI=1S/C10H12ClN3S/c1-7-6-14(2)10(13-7)12-5-8-3-4-9(11)15-8/h3-4,6H,5H2,1-2H3,(H,12,13). The molecule has 15 heavy (non-hydrogen) atoms. The summed E-state index contributed by atoms with van der Waals surface area (Å²) in [7, 11) is 1.98. The van der Waals surface area contributed by atoms with Gasteiger partial charge in [-0.25, -0.2) is 4.98 Å². The Labute approximate surface area is 97.7 Å². The molecule has 80 valence electrons. The molecule has 0 radical (unpaired) electrons. The summed E-state index contributed by atoms with van der Waals surface area (Å²) in [6, 6.07) is 3.93. The van der Waals surface area contributed by atoms with Crippen LogP contribution in [0.1, 0.15) is 10.6 Å². The van der Waals surface area contributed by atoms with Crippen LogP contribution in [0.15, 0.2) is 18.3 Å². The van der Waals surface area contributed by atoms with Gasteiger partial charge >= 0.3 is 0 Å². The second-order valence-corrected chi connectivity index (χ2v) is 5.18. The van der Waals surface area contributed by atoms with Crippen LogP contribution in [0.4, 0.5) is 5.95 Å². The van der Waals surface area contributed by atoms with Gasteiger partial charge in [0.25, 0.3) is 0 Å². The monoisotopic (exact) mass is 241 g/mol. The Kier molecular flexibility index (Phi) is 2.98. The highest BCUT2D eigenvalue weighted by Crippen LogP contribution is 2.22. The molecule has 0 atom stereocenters. The van der Waals surface area contributed by atoms with Gasteiger partial charge in [0.05, 0.1) is 16.6 Å². The lowest BCUT2D eigenvalue weighted by atomic mass is 10.5. The van der Waals surface area contributed by atoms with Crippen LogP contribution in [-0.2, 0) is 13.6 Å². The first-order valence-electron chi connectivity index (χ1n) is 4.63. The number of nitrogens with zero attached hydrogens (tertiary/aromatic N) is 2. The minimum absolute atomic E-state index is 0.766. The molecule has 0 aliphatic rings. The van der Waals surface area contributed by atoms with Crippen molar-refractivity contribution < 1.29 is 0 Å². The van der Waals surface area contributed by atoms with Crippen molar-refractivity contribution in [3.63, 3.8) is 0 Å². The molecule has 0 saturated carbocycles. The summed E-state index contributed by atoms with van der Waals surface area (Å²) in [5.74, 6) is 0.886. The molecule has 0 spiro atoms. The van der Waals surface area contributed by atoms with Gasteiger partial charge in [-0.15, -0.1) is 11.3 Å². The van der Waals surface area contributed by atoms with Crippen LogP contribution in [-0.4, -0.2) is 9.55 Å². The lowest BCUT2D eigenvalue weighted by Crippen LogP contribution is -2.03. The Balaban J connectivity index is 2.01. The van der Waals surface area contributed by atoms with Crippen molar-refractivity contribution in [2.45, 2.75) is 13.5 Å². The minimum Gasteiger partial charge on any atom is -0.351 e. The molecule has 0 fully saturated rings. The number of imidazole rings is 1. The third-order valence-corrected chi connectivity index (χ3v) is 3.28. The topological polar surface area (TPSA) is 29.9 Å². The summed E-state index contributed by atoms with van der Waals surface area (Å²) < 4.78 is 2.80. The molecular formula is C10H12ClN3S. The molecule has 0 bridgehead atoms. The van der Waals surface area contributed by atoms with E-state index in [1.54, 1.807) is 11.3 Å². The van der Waals surface area contributed by atoms with Crippen LogP contribution in [0.2, 0.25) is 4.34 Å². The van der Waals surface area contributed by atoms with Gasteiger partial charge < -0.3 is 9.88 Å². The fourth-order valence-electron chi connectivity index (χ4n) is 1.39. The van der Waals surface area contributed by atoms with Crippen LogP contribution >= 0.6 is 22.9 Å². The lowest BCUT2D eigenvalue weighted by Gasteiger charge is -2.03. The fraction of sp³-hybridized carbons (Fsp3) is 0.300. The third-order valence-electron chi connectivity index (χ3n) is 2.05. The highest BCUT2D eigenvalue weighted by molar-refractivity contribution is 7.16. The highest BCUT2D eigenvalue weighted by Gasteiger charge is 2.02. The highest BCUT2D eigenvalue weighted by atomic mass is 35.5. The van der Waals surface area contributed by atoms with Gasteiger partial charge in [-0.05, 0) is 19.1 Å². The molecule has 3 nitrogen and oxygen atoms in total. The normalized spacial score (nSPS) is 10.6. The number of hydrogen-bond acceptors (Lipinski definition) is 3. The zero-order chi connectivity index (χ0) is 10.8. The second-order valence-electron chi connectivity index (χ2n) is 3.38. The number of halogens is 1. The summed E-state index contributed by atoms with van der Waals surface area (Å²) in [4.78, 5) is 5.56. The molecule has 0 aliphatic heterocycles. The Morgan fingerprint density at radius 1 is 1.53 bits per heavy atom. The molecule has 1 N–H and O–H groups in total. The molecule has 0 amide bonds. The van der Waals surface area contributed by atoms with E-state index in [4.69, 9.17) is 11.6 Å². The second kappa shape index (κ2) is 4.24. The smallest absolute Gasteiger partial charge is 0.203 e. The van der Waals surface area contributed by atoms with Crippen LogP contribution in [0.5, 0.6) is 0 Å². The number of hydrogen-bond donors (Lipinski definition) is 1. The van der Waals surface area contributed by atoms with E-state index in [1.165, 1.54) is 4.88 Å². The molecule has 5 heteroatoms. The van der Waals surface area contributed by atoms with Crippen molar-refractivity contribution in [1.29, 1.82) is 0 Å². The molecule has 0 saturated heterocycles. The zero-order valence-corrected chi connectivity index (χ0v) is 10.2. The fourth-order valence-corrected chi connectivity index (χ4v) is 2.42. The van der Waals surface area contributed by atoms with Gasteiger partial charge in [0.1, 0.15) is 0 Å². The van der Waals surface area contributed by atoms with Crippen molar-refractivity contribution in [1.82, 2.24) is 9.55 Å². The quantitative estimate of drug-likeness (QED) is 0.895. The van der Waals surface area contributed by atoms with Gasteiger partial charge in [0, 0.05) is 18.1 Å². The van der Waals surface area contributed by atoms with E-state index in [0.29, 0.717) is 0 Å². The average Bonchev–Trinajstić information content (AvgIpc) is 2.70. The van der Waals surface area contributed by atoms with E-state index in [0.717, 1.165) is 22.5 Å². The van der Waals surface area contributed by atoms with Gasteiger partial charge in [-0.2, -0.15) is 0 Å². The van der Waals surface area contributed by atoms with E-state index >= 15 is 0 Å². The maximum absolute atomic E-state index is 5.85. The SMILES string of the molecule is Cc1cn(C)c(NCc2ccc(Cl)s2)n1. The molecular weight excluding hydrogens is 230 g/mol. The summed E-state index contributed by atoms with van der Waals surface area (Å²) in [5.41, 5.74) is 1.02. The van der Waals surface area contributed by atoms with E-state index < -0.39 is 0 Å². The number of thiophene rings is 1. The van der Waals surface area contributed by atoms with Crippen LogP contribution < -0.4 is 5.32 Å². The first-order chi connectivity index (χ1) is 7.15. The molecule has 0 unspecified atom stereocenters. The van der Waals surface area contributed by atoms with E-state index in [-0.39, 0.29) is 0 Å². The third kappa shape index (κ3) is 2.52. The molecule has 2 heterocycles. The van der Waals surface area contributed by atoms with E-state index in [9.17, 15) is 0 Å². The lowest BCUT2D eigenvalue weighted by molar-refractivity contribution is 0.902. The average molecular weight is 242 g/mol. The number of rotatable bonds is 3. The summed E-state index contributed by atoms with van der Waals surface area (Å²) >= 11 is 7.43. The summed E-state index contributed by atoms with van der Waals surface area (Å²) in [5, 5.41) is 3.27. The van der Waals surface area contributed by atoms with Crippen molar-refractivity contribution in [2.24, 2.45) is 7.05 Å². The predicted octanol–water partition coefficient (Wildman–Crippen LogP) is 3.06. The predicted molar refractivity (Wildman–Crippen MR) is 64.6 cm³/mol. The number of aromatic nitrogens is 2. The Morgan fingerprint density at radius 2 is 2.33 bits per heavy atom. The van der Waals surface area contributed by atoms with Crippen LogP contribution in [0.3, 0.4) is 0 Å². The van der Waals surface area contributed by atoms with Crippen molar-refractivity contribution in [2.75, 3.05) is 5.32 Å².